The van der Waals surface area contributed by atoms with Crippen molar-refractivity contribution in [1.82, 2.24) is 9.97 Å². The highest BCUT2D eigenvalue weighted by molar-refractivity contribution is 5.38. The van der Waals surface area contributed by atoms with Crippen molar-refractivity contribution in [3.05, 3.63) is 47.9 Å². The average Bonchev–Trinajstić information content (AvgIpc) is 2.65. The van der Waals surface area contributed by atoms with Gasteiger partial charge in [0, 0.05) is 32.0 Å². The minimum absolute atomic E-state index is 0.0766. The van der Waals surface area contributed by atoms with Crippen LogP contribution >= 0.6 is 0 Å². The minimum atomic E-state index is -0.686. The number of ether oxygens (including phenoxy) is 1. The summed E-state index contributed by atoms with van der Waals surface area (Å²) in [5.41, 5.74) is -0.0419. The van der Waals surface area contributed by atoms with Crippen molar-refractivity contribution < 1.29 is 13.5 Å². The lowest BCUT2D eigenvalue weighted by Gasteiger charge is -2.33. The molecule has 0 atom stereocenters. The number of piperidine rings is 1. The molecule has 0 bridgehead atoms. The number of nitriles is 1. The summed E-state index contributed by atoms with van der Waals surface area (Å²) in [6.07, 6.45) is 4.58. The van der Waals surface area contributed by atoms with Gasteiger partial charge in [-0.15, -0.1) is 0 Å². The highest BCUT2D eigenvalue weighted by Gasteiger charge is 2.25. The van der Waals surface area contributed by atoms with E-state index in [2.05, 4.69) is 20.9 Å². The van der Waals surface area contributed by atoms with E-state index in [0.29, 0.717) is 31.6 Å². The van der Waals surface area contributed by atoms with E-state index in [9.17, 15) is 8.78 Å². The van der Waals surface area contributed by atoms with Gasteiger partial charge in [0.25, 0.3) is 0 Å². The topological polar surface area (TPSA) is 62.0 Å². The van der Waals surface area contributed by atoms with Crippen molar-refractivity contribution in [2.24, 2.45) is 0 Å². The summed E-state index contributed by atoms with van der Waals surface area (Å²) >= 11 is 0. The second-order valence-corrected chi connectivity index (χ2v) is 6.88. The van der Waals surface area contributed by atoms with Gasteiger partial charge in [0.05, 0.1) is 29.6 Å². The van der Waals surface area contributed by atoms with Crippen LogP contribution in [0.15, 0.2) is 30.6 Å². The molecular formula is C19H20F2N4O. The fraction of sp³-hybridized carbons (Fsp3) is 0.421. The molecule has 2 heterocycles. The van der Waals surface area contributed by atoms with E-state index in [1.165, 1.54) is 12.1 Å². The lowest BCUT2D eigenvalue weighted by atomic mass is 9.92. The molecule has 1 aliphatic rings. The van der Waals surface area contributed by atoms with E-state index in [-0.39, 0.29) is 11.9 Å². The number of anilines is 1. The summed E-state index contributed by atoms with van der Waals surface area (Å²) in [7, 11) is 0. The van der Waals surface area contributed by atoms with Gasteiger partial charge < -0.3 is 9.64 Å². The summed E-state index contributed by atoms with van der Waals surface area (Å²) in [5, 5.41) is 9.16. The van der Waals surface area contributed by atoms with Gasteiger partial charge in [-0.05, 0) is 26.0 Å². The third kappa shape index (κ3) is 3.90. The van der Waals surface area contributed by atoms with Crippen molar-refractivity contribution in [3.8, 4) is 11.8 Å². The Morgan fingerprint density at radius 1 is 1.19 bits per heavy atom. The van der Waals surface area contributed by atoms with Gasteiger partial charge in [0.2, 0.25) is 0 Å². The number of hydrogen-bond donors (Lipinski definition) is 0. The number of benzene rings is 1. The van der Waals surface area contributed by atoms with Crippen molar-refractivity contribution in [3.63, 3.8) is 0 Å². The Morgan fingerprint density at radius 2 is 1.92 bits per heavy atom. The number of rotatable bonds is 4. The summed E-state index contributed by atoms with van der Waals surface area (Å²) in [6, 6.07) is 5.54. The molecule has 0 amide bonds. The largest absolute Gasteiger partial charge is 0.487 e. The molecule has 1 aliphatic heterocycles. The normalized spacial score (nSPS) is 15.6. The molecule has 7 heteroatoms. The Bertz CT molecular complexity index is 809. The molecular weight excluding hydrogens is 338 g/mol. The van der Waals surface area contributed by atoms with Crippen LogP contribution in [-0.4, -0.2) is 29.2 Å². The zero-order chi connectivity index (χ0) is 18.7. The maximum Gasteiger partial charge on any atom is 0.167 e. The van der Waals surface area contributed by atoms with E-state index >= 15 is 0 Å². The fourth-order valence-electron chi connectivity index (χ4n) is 2.82. The molecule has 2 aromatic rings. The molecule has 0 N–H and O–H groups in total. The quantitative estimate of drug-likeness (QED) is 0.836. The second-order valence-electron chi connectivity index (χ2n) is 6.88. The van der Waals surface area contributed by atoms with Crippen LogP contribution in [-0.2, 0) is 5.41 Å². The maximum atomic E-state index is 13.7. The third-order valence-electron chi connectivity index (χ3n) is 4.51. The van der Waals surface area contributed by atoms with E-state index in [4.69, 9.17) is 10.00 Å². The summed E-state index contributed by atoms with van der Waals surface area (Å²) in [6.45, 7) is 4.99. The molecule has 0 saturated carbocycles. The lowest BCUT2D eigenvalue weighted by molar-refractivity contribution is 0.163. The summed E-state index contributed by atoms with van der Waals surface area (Å²) in [4.78, 5) is 10.9. The Labute approximate surface area is 151 Å². The van der Waals surface area contributed by atoms with Gasteiger partial charge in [-0.3, -0.25) is 4.98 Å². The zero-order valence-corrected chi connectivity index (χ0v) is 14.7. The van der Waals surface area contributed by atoms with E-state index < -0.39 is 17.0 Å². The third-order valence-corrected chi connectivity index (χ3v) is 4.51. The second kappa shape index (κ2) is 7.24. The molecule has 1 fully saturated rings. The smallest absolute Gasteiger partial charge is 0.167 e. The van der Waals surface area contributed by atoms with Crippen LogP contribution in [0.25, 0.3) is 0 Å². The predicted octanol–water partition coefficient (Wildman–Crippen LogP) is 3.60. The molecule has 136 valence electrons. The van der Waals surface area contributed by atoms with Crippen molar-refractivity contribution in [2.75, 3.05) is 18.0 Å². The summed E-state index contributed by atoms with van der Waals surface area (Å²) in [5.74, 6) is -0.484. The van der Waals surface area contributed by atoms with Gasteiger partial charge in [-0.25, -0.2) is 13.8 Å². The van der Waals surface area contributed by atoms with Crippen LogP contribution in [0.1, 0.15) is 32.4 Å². The number of nitrogens with zero attached hydrogens (tertiary/aromatic N) is 4. The fourth-order valence-corrected chi connectivity index (χ4v) is 2.82. The first-order valence-corrected chi connectivity index (χ1v) is 8.49. The molecule has 1 aromatic carbocycles. The van der Waals surface area contributed by atoms with Gasteiger partial charge in [-0.2, -0.15) is 5.26 Å². The standard InChI is InChI=1S/C19H20F2N4O/c1-19(2,12-22)17-10-24-18(11-23-17)25-7-5-14(6-8-25)26-16-4-3-13(20)9-15(16)21/h3-4,9-11,14H,5-8H2,1-2H3. The molecule has 0 unspecified atom stereocenters. The number of halogens is 2. The molecule has 0 spiro atoms. The summed E-state index contributed by atoms with van der Waals surface area (Å²) < 4.78 is 32.3. The zero-order valence-electron chi connectivity index (χ0n) is 14.7. The average molecular weight is 358 g/mol. The predicted molar refractivity (Wildman–Crippen MR) is 92.9 cm³/mol. The van der Waals surface area contributed by atoms with Gasteiger partial charge in [0.1, 0.15) is 17.7 Å². The van der Waals surface area contributed by atoms with Crippen LogP contribution in [0.4, 0.5) is 14.6 Å². The lowest BCUT2D eigenvalue weighted by Crippen LogP contribution is -2.39. The molecule has 0 radical (unpaired) electrons. The van der Waals surface area contributed by atoms with Crippen molar-refractivity contribution in [1.29, 1.82) is 5.26 Å². The Hall–Kier alpha value is -2.75. The SMILES string of the molecule is CC(C)(C#N)c1cnc(N2CCC(Oc3ccc(F)cc3F)CC2)cn1. The van der Waals surface area contributed by atoms with E-state index in [1.807, 2.05) is 0 Å². The van der Waals surface area contributed by atoms with Crippen LogP contribution in [0, 0.1) is 23.0 Å². The molecule has 26 heavy (non-hydrogen) atoms. The van der Waals surface area contributed by atoms with Gasteiger partial charge in [0.15, 0.2) is 11.6 Å². The maximum absolute atomic E-state index is 13.7. The van der Waals surface area contributed by atoms with Crippen LogP contribution in [0.5, 0.6) is 5.75 Å². The van der Waals surface area contributed by atoms with E-state index in [1.54, 1.807) is 26.2 Å². The first-order valence-electron chi connectivity index (χ1n) is 8.49. The number of aromatic nitrogens is 2. The molecule has 3 rings (SSSR count). The molecule has 1 saturated heterocycles. The van der Waals surface area contributed by atoms with Crippen LogP contribution in [0.2, 0.25) is 0 Å². The van der Waals surface area contributed by atoms with Crippen molar-refractivity contribution in [2.45, 2.75) is 38.2 Å². The molecule has 0 aliphatic carbocycles. The van der Waals surface area contributed by atoms with E-state index in [0.717, 1.165) is 11.9 Å². The van der Waals surface area contributed by atoms with Crippen LogP contribution in [0.3, 0.4) is 0 Å². The molecule has 5 nitrogen and oxygen atoms in total. The first-order chi connectivity index (χ1) is 12.4. The highest BCUT2D eigenvalue weighted by atomic mass is 19.1. The number of hydrogen-bond acceptors (Lipinski definition) is 5. The monoisotopic (exact) mass is 358 g/mol. The Kier molecular flexibility index (Phi) is 5.03. The first kappa shape index (κ1) is 18.1. The van der Waals surface area contributed by atoms with Crippen molar-refractivity contribution >= 4 is 5.82 Å². The van der Waals surface area contributed by atoms with Gasteiger partial charge in [-0.1, -0.05) is 0 Å². The van der Waals surface area contributed by atoms with Gasteiger partial charge >= 0.3 is 0 Å². The van der Waals surface area contributed by atoms with Crippen LogP contribution < -0.4 is 9.64 Å². The minimum Gasteiger partial charge on any atom is -0.487 e. The Balaban J connectivity index is 1.59. The molecule has 1 aromatic heterocycles. The highest BCUT2D eigenvalue weighted by Crippen LogP contribution is 2.25. The Morgan fingerprint density at radius 3 is 2.50 bits per heavy atom.